The number of piperidine rings is 1. The fourth-order valence-corrected chi connectivity index (χ4v) is 8.62. The number of carbonyl (C=O) groups is 9. The third kappa shape index (κ3) is 15.2. The molecule has 3 aromatic rings. The lowest BCUT2D eigenvalue weighted by atomic mass is 9.95. The number of aromatic hydroxyl groups is 2. The van der Waals surface area contributed by atoms with Gasteiger partial charge in [-0.2, -0.15) is 0 Å². The van der Waals surface area contributed by atoms with Crippen molar-refractivity contribution in [1.29, 1.82) is 0 Å². The number of likely N-dealkylation sites (N-methyl/N-ethyl adjacent to an activating group) is 1. The molecule has 2 saturated heterocycles. The minimum atomic E-state index is -1.90. The lowest BCUT2D eigenvalue weighted by Crippen LogP contribution is -2.65. The Morgan fingerprint density at radius 1 is 0.736 bits per heavy atom. The molecule has 2 fully saturated rings. The summed E-state index contributed by atoms with van der Waals surface area (Å²) >= 11 is 0. The van der Waals surface area contributed by atoms with E-state index in [4.69, 9.17) is 4.74 Å². The number of carboxylic acid groups (broad SMARTS) is 1. The van der Waals surface area contributed by atoms with Crippen LogP contribution in [-0.2, 0) is 67.2 Å². The van der Waals surface area contributed by atoms with Crippen LogP contribution in [0.25, 0.3) is 0 Å². The molecule has 0 radical (unpaired) electrons. The number of ether oxygens (including phenoxy) is 1. The molecule has 21 heteroatoms. The molecule has 7 amide bonds. The number of esters is 1. The van der Waals surface area contributed by atoms with Crippen molar-refractivity contribution in [3.05, 3.63) is 95.6 Å². The summed E-state index contributed by atoms with van der Waals surface area (Å²) in [5.74, 6) is -9.39. The maximum absolute atomic E-state index is 15.1. The summed E-state index contributed by atoms with van der Waals surface area (Å²) in [6, 6.07) is 9.17. The van der Waals surface area contributed by atoms with Gasteiger partial charge in [-0.1, -0.05) is 75.4 Å². The van der Waals surface area contributed by atoms with Gasteiger partial charge in [-0.25, -0.2) is 4.79 Å². The summed E-state index contributed by atoms with van der Waals surface area (Å²) < 4.78 is 5.87. The zero-order chi connectivity index (χ0) is 52.8. The van der Waals surface area contributed by atoms with Crippen molar-refractivity contribution in [2.45, 2.75) is 140 Å². The van der Waals surface area contributed by atoms with E-state index in [-0.39, 0.29) is 62.4 Å². The third-order valence-corrected chi connectivity index (χ3v) is 12.5. The Kier molecular flexibility index (Phi) is 19.6. The van der Waals surface area contributed by atoms with Crippen molar-refractivity contribution in [3.63, 3.8) is 0 Å². The number of amides is 7. The zero-order valence-electron chi connectivity index (χ0n) is 40.9. The van der Waals surface area contributed by atoms with Gasteiger partial charge in [0.05, 0.1) is 6.42 Å². The molecule has 0 saturated carbocycles. The number of nitrogens with zero attached hydrogens (tertiary/aromatic N) is 2. The number of carboxylic acids is 1. The number of cyclic esters (lactones) is 1. The highest BCUT2D eigenvalue weighted by molar-refractivity contribution is 5.99. The van der Waals surface area contributed by atoms with Gasteiger partial charge in [0, 0.05) is 32.7 Å². The van der Waals surface area contributed by atoms with Crippen molar-refractivity contribution in [2.75, 3.05) is 7.05 Å². The quantitative estimate of drug-likeness (QED) is 0.0959. The molecular weight excluding hydrogens is 935 g/mol. The Bertz CT molecular complexity index is 2420. The molecule has 72 heavy (non-hydrogen) atoms. The second-order valence-electron chi connectivity index (χ2n) is 18.6. The molecule has 9 unspecified atom stereocenters. The standard InChI is InChI=1S/C51H65N7O14/c1-6-10-41(61)52-37(27-43(63)64)46(66)56-44-29(4)72-51(71)38(23-28(2)3)55-47(67)39(25-32-15-19-34(60)20-16-32)57(5)50(70)40(26-30-11-8-7-9-12-30)58-42(62)22-21-35(49(58)69)53-45(65)36(54-48(44)68)24-31-13-17-33(59)18-14-31/h7-9,11-20,28-29,35-40,42,44,59-60,62H,6,10,21-27H2,1-5H3,(H,52,61)(H,53,65)(H,54,68)(H,55,67)(H,56,66)(H,63,64). The first kappa shape index (κ1) is 55.4. The molecule has 3 aromatic carbocycles. The maximum atomic E-state index is 15.1. The summed E-state index contributed by atoms with van der Waals surface area (Å²) in [4.78, 5) is 129. The molecule has 9 atom stereocenters. The normalized spacial score (nSPS) is 24.1. The monoisotopic (exact) mass is 999 g/mol. The van der Waals surface area contributed by atoms with Crippen LogP contribution in [0.2, 0.25) is 0 Å². The summed E-state index contributed by atoms with van der Waals surface area (Å²) in [5.41, 5.74) is 1.47. The highest BCUT2D eigenvalue weighted by Crippen LogP contribution is 2.26. The number of rotatable bonds is 15. The summed E-state index contributed by atoms with van der Waals surface area (Å²) in [6.07, 6.45) is -4.69. The number of benzene rings is 3. The number of aliphatic hydroxyl groups excluding tert-OH is 1. The van der Waals surface area contributed by atoms with Gasteiger partial charge in [-0.3, -0.25) is 38.4 Å². The van der Waals surface area contributed by atoms with Crippen LogP contribution in [0.15, 0.2) is 78.9 Å². The first-order chi connectivity index (χ1) is 34.1. The van der Waals surface area contributed by atoms with Gasteiger partial charge >= 0.3 is 11.9 Å². The minimum Gasteiger partial charge on any atom is -0.508 e. The number of hydrogen-bond acceptors (Lipinski definition) is 13. The van der Waals surface area contributed by atoms with E-state index in [0.717, 1.165) is 9.80 Å². The molecule has 0 aromatic heterocycles. The van der Waals surface area contributed by atoms with E-state index < -0.39 is 114 Å². The Labute approximate surface area is 417 Å². The average molecular weight is 1000 g/mol. The second kappa shape index (κ2) is 25.5. The average Bonchev–Trinajstić information content (AvgIpc) is 3.32. The van der Waals surface area contributed by atoms with Crippen LogP contribution in [0.1, 0.15) is 82.9 Å². The van der Waals surface area contributed by atoms with Gasteiger partial charge < -0.3 is 61.5 Å². The van der Waals surface area contributed by atoms with Gasteiger partial charge in [0.15, 0.2) is 0 Å². The molecule has 9 N–H and O–H groups in total. The van der Waals surface area contributed by atoms with Gasteiger partial charge in [-0.15, -0.1) is 0 Å². The van der Waals surface area contributed by atoms with Crippen LogP contribution in [0.4, 0.5) is 0 Å². The molecule has 0 aliphatic carbocycles. The lowest BCUT2D eigenvalue weighted by molar-refractivity contribution is -0.165. The third-order valence-electron chi connectivity index (χ3n) is 12.5. The molecule has 388 valence electrons. The van der Waals surface area contributed by atoms with E-state index in [1.807, 2.05) is 0 Å². The van der Waals surface area contributed by atoms with Crippen LogP contribution in [0, 0.1) is 5.92 Å². The van der Waals surface area contributed by atoms with E-state index in [0.29, 0.717) is 23.1 Å². The van der Waals surface area contributed by atoms with Crippen LogP contribution in [-0.4, -0.2) is 145 Å². The summed E-state index contributed by atoms with van der Waals surface area (Å²) in [6.45, 7) is 6.45. The van der Waals surface area contributed by atoms with Gasteiger partial charge in [-0.05, 0) is 79.5 Å². The van der Waals surface area contributed by atoms with Crippen LogP contribution in [0.3, 0.4) is 0 Å². The predicted octanol–water partition coefficient (Wildman–Crippen LogP) is 0.952. The number of hydrogen-bond donors (Lipinski definition) is 9. The fraction of sp³-hybridized carbons (Fsp3) is 0.471. The molecule has 2 aliphatic heterocycles. The van der Waals surface area contributed by atoms with Crippen molar-refractivity contribution in [2.24, 2.45) is 5.92 Å². The van der Waals surface area contributed by atoms with E-state index >= 15 is 4.79 Å². The number of phenols is 2. The first-order valence-corrected chi connectivity index (χ1v) is 23.9. The molecule has 0 spiro atoms. The largest absolute Gasteiger partial charge is 0.508 e. The molecule has 2 heterocycles. The van der Waals surface area contributed by atoms with E-state index in [9.17, 15) is 58.8 Å². The number of nitrogens with one attached hydrogen (secondary N) is 5. The van der Waals surface area contributed by atoms with Gasteiger partial charge in [0.1, 0.15) is 66.1 Å². The SMILES string of the molecule is CCCC(=O)NC(CC(=O)O)C(=O)NC1C(=O)NC(Cc2ccc(O)cc2)C(=O)NC2CCC(O)N(C2=O)C(Cc2ccccc2)C(=O)N(C)C(Cc2ccc(O)cc2)C(=O)NC(CC(C)C)C(=O)OC1C. The van der Waals surface area contributed by atoms with Crippen LogP contribution >= 0.6 is 0 Å². The number of aliphatic carboxylic acids is 1. The van der Waals surface area contributed by atoms with E-state index in [1.54, 1.807) is 51.1 Å². The number of fused-ring (bicyclic) bond motifs is 2. The number of phenolic OH excluding ortho intramolecular Hbond substituents is 2. The van der Waals surface area contributed by atoms with Crippen molar-refractivity contribution < 1.29 is 68.3 Å². The zero-order valence-corrected chi connectivity index (χ0v) is 40.9. The number of aliphatic hydroxyl groups is 1. The topological polar surface area (TPSA) is 310 Å². The molecular formula is C51H65N7O14. The predicted molar refractivity (Wildman–Crippen MR) is 258 cm³/mol. The van der Waals surface area contributed by atoms with E-state index in [2.05, 4.69) is 26.6 Å². The van der Waals surface area contributed by atoms with Crippen molar-refractivity contribution in [3.8, 4) is 11.5 Å². The molecule has 21 nitrogen and oxygen atoms in total. The fourth-order valence-electron chi connectivity index (χ4n) is 8.62. The Hall–Kier alpha value is -7.55. The molecule has 2 bridgehead atoms. The highest BCUT2D eigenvalue weighted by atomic mass is 16.5. The Balaban J connectivity index is 1.66. The highest BCUT2D eigenvalue weighted by Gasteiger charge is 2.46. The Morgan fingerprint density at radius 3 is 1.89 bits per heavy atom. The van der Waals surface area contributed by atoms with E-state index in [1.165, 1.54) is 62.5 Å². The van der Waals surface area contributed by atoms with Gasteiger partial charge in [0.25, 0.3) is 0 Å². The van der Waals surface area contributed by atoms with Crippen molar-refractivity contribution in [1.82, 2.24) is 36.4 Å². The van der Waals surface area contributed by atoms with Gasteiger partial charge in [0.2, 0.25) is 41.4 Å². The molecule has 5 rings (SSSR count). The second-order valence-corrected chi connectivity index (χ2v) is 18.6. The smallest absolute Gasteiger partial charge is 0.328 e. The summed E-state index contributed by atoms with van der Waals surface area (Å²) in [5, 5.41) is 54.1. The number of carbonyl (C=O) groups excluding carboxylic acids is 8. The minimum absolute atomic E-state index is 0.0460. The maximum Gasteiger partial charge on any atom is 0.328 e. The summed E-state index contributed by atoms with van der Waals surface area (Å²) in [7, 11) is 1.34. The molecule has 2 aliphatic rings. The van der Waals surface area contributed by atoms with Crippen molar-refractivity contribution >= 4 is 53.3 Å². The van der Waals surface area contributed by atoms with Crippen LogP contribution in [0.5, 0.6) is 11.5 Å². The first-order valence-electron chi connectivity index (χ1n) is 23.9. The lowest BCUT2D eigenvalue weighted by Gasteiger charge is -2.43. The van der Waals surface area contributed by atoms with Crippen LogP contribution < -0.4 is 26.6 Å². The Morgan fingerprint density at radius 2 is 1.31 bits per heavy atom.